The van der Waals surface area contributed by atoms with Crippen molar-refractivity contribution in [3.8, 4) is 0 Å². The van der Waals surface area contributed by atoms with Crippen LogP contribution in [0.25, 0.3) is 0 Å². The zero-order chi connectivity index (χ0) is 22.9. The lowest BCUT2D eigenvalue weighted by Crippen LogP contribution is -2.59. The van der Waals surface area contributed by atoms with Crippen molar-refractivity contribution in [3.05, 3.63) is 108 Å². The number of rotatable bonds is 10. The molecule has 4 rings (SSSR count). The molecule has 0 amide bonds. The van der Waals surface area contributed by atoms with Gasteiger partial charge in [0.05, 0.1) is 25.9 Å². The summed E-state index contributed by atoms with van der Waals surface area (Å²) in [7, 11) is 1.63. The molecule has 0 radical (unpaired) electrons. The molecule has 1 aliphatic heterocycles. The van der Waals surface area contributed by atoms with Crippen LogP contribution in [0.4, 0.5) is 0 Å². The van der Waals surface area contributed by atoms with E-state index in [1.807, 2.05) is 73.7 Å². The van der Waals surface area contributed by atoms with Gasteiger partial charge in [0, 0.05) is 7.11 Å². The van der Waals surface area contributed by atoms with Crippen LogP contribution in [0.15, 0.2) is 91.0 Å². The highest BCUT2D eigenvalue weighted by atomic mass is 16.7. The Morgan fingerprint density at radius 1 is 0.576 bits per heavy atom. The van der Waals surface area contributed by atoms with Crippen molar-refractivity contribution in [1.29, 1.82) is 0 Å². The Morgan fingerprint density at radius 3 is 1.39 bits per heavy atom. The van der Waals surface area contributed by atoms with E-state index in [-0.39, 0.29) is 18.3 Å². The van der Waals surface area contributed by atoms with E-state index in [1.54, 1.807) is 7.11 Å². The van der Waals surface area contributed by atoms with E-state index in [0.29, 0.717) is 19.8 Å². The topological polar surface area (TPSA) is 46.2 Å². The first-order chi connectivity index (χ1) is 16.2. The second-order valence-electron chi connectivity index (χ2n) is 8.23. The van der Waals surface area contributed by atoms with Crippen LogP contribution in [0.2, 0.25) is 0 Å². The number of hydrogen-bond donors (Lipinski definition) is 0. The van der Waals surface area contributed by atoms with Crippen molar-refractivity contribution in [2.45, 2.75) is 57.5 Å². The van der Waals surface area contributed by atoms with E-state index in [1.165, 1.54) is 0 Å². The summed E-state index contributed by atoms with van der Waals surface area (Å²) in [6.07, 6.45) is -1.92. The molecule has 5 atom stereocenters. The Bertz CT molecular complexity index is 934. The predicted octanol–water partition coefficient (Wildman–Crippen LogP) is 5.13. The fourth-order valence-corrected chi connectivity index (χ4v) is 4.06. The molecule has 174 valence electrons. The van der Waals surface area contributed by atoms with Crippen molar-refractivity contribution in [3.63, 3.8) is 0 Å². The minimum Gasteiger partial charge on any atom is -0.368 e. The molecular formula is C28H32O5. The lowest BCUT2D eigenvalue weighted by molar-refractivity contribution is -0.314. The Hall–Kier alpha value is -2.54. The van der Waals surface area contributed by atoms with E-state index in [2.05, 4.69) is 24.3 Å². The number of ether oxygens (including phenoxy) is 5. The molecule has 1 saturated heterocycles. The van der Waals surface area contributed by atoms with Crippen molar-refractivity contribution in [1.82, 2.24) is 0 Å². The molecule has 5 heteroatoms. The Kier molecular flexibility index (Phi) is 8.64. The zero-order valence-corrected chi connectivity index (χ0v) is 19.2. The van der Waals surface area contributed by atoms with E-state index >= 15 is 0 Å². The molecule has 0 unspecified atom stereocenters. The lowest BCUT2D eigenvalue weighted by Gasteiger charge is -2.44. The van der Waals surface area contributed by atoms with Gasteiger partial charge in [-0.1, -0.05) is 91.0 Å². The average molecular weight is 449 g/mol. The van der Waals surface area contributed by atoms with Crippen LogP contribution in [0.1, 0.15) is 23.6 Å². The highest BCUT2D eigenvalue weighted by Crippen LogP contribution is 2.30. The van der Waals surface area contributed by atoms with Gasteiger partial charge < -0.3 is 23.7 Å². The van der Waals surface area contributed by atoms with Crippen molar-refractivity contribution in [2.75, 3.05) is 7.11 Å². The van der Waals surface area contributed by atoms with Crippen LogP contribution >= 0.6 is 0 Å². The Morgan fingerprint density at radius 2 is 0.970 bits per heavy atom. The molecular weight excluding hydrogens is 416 g/mol. The summed E-state index contributed by atoms with van der Waals surface area (Å²) in [6.45, 7) is 3.34. The van der Waals surface area contributed by atoms with Crippen molar-refractivity contribution in [2.24, 2.45) is 0 Å². The standard InChI is InChI=1S/C28H32O5/c1-21-25(30-18-22-12-6-3-7-13-22)26(31-19-23-14-8-4-9-15-23)27(28(29-2)33-21)32-20-24-16-10-5-11-17-24/h3-17,21,25-28H,18-20H2,1-2H3/t21-,25-,26+,27+,28+/m1/s1. The molecule has 1 heterocycles. The number of methoxy groups -OCH3 is 1. The van der Waals surface area contributed by atoms with Gasteiger partial charge in [-0.05, 0) is 23.6 Å². The minimum atomic E-state index is -0.555. The van der Waals surface area contributed by atoms with Gasteiger partial charge in [-0.3, -0.25) is 0 Å². The summed E-state index contributed by atoms with van der Waals surface area (Å²) < 4.78 is 31.0. The summed E-state index contributed by atoms with van der Waals surface area (Å²) in [5.74, 6) is 0. The molecule has 1 aliphatic rings. The molecule has 0 N–H and O–H groups in total. The summed E-state index contributed by atoms with van der Waals surface area (Å²) >= 11 is 0. The van der Waals surface area contributed by atoms with Gasteiger partial charge in [0.15, 0.2) is 6.29 Å². The fourth-order valence-electron chi connectivity index (χ4n) is 4.06. The van der Waals surface area contributed by atoms with Gasteiger partial charge in [0.2, 0.25) is 0 Å². The summed E-state index contributed by atoms with van der Waals surface area (Å²) in [5.41, 5.74) is 3.27. The van der Waals surface area contributed by atoms with Crippen LogP contribution in [0.5, 0.6) is 0 Å². The van der Waals surface area contributed by atoms with Gasteiger partial charge in [-0.15, -0.1) is 0 Å². The molecule has 33 heavy (non-hydrogen) atoms. The summed E-state index contributed by atoms with van der Waals surface area (Å²) in [5, 5.41) is 0. The highest BCUT2D eigenvalue weighted by molar-refractivity contribution is 5.15. The maximum Gasteiger partial charge on any atom is 0.186 e. The SMILES string of the molecule is CO[C@H]1O[C@H](C)[C@@H](OCc2ccccc2)[C@H](OCc2ccccc2)[C@@H]1OCc1ccccc1. The summed E-state index contributed by atoms with van der Waals surface area (Å²) in [6, 6.07) is 30.3. The van der Waals surface area contributed by atoms with Crippen LogP contribution in [-0.2, 0) is 43.5 Å². The minimum absolute atomic E-state index is 0.226. The molecule has 1 fully saturated rings. The zero-order valence-electron chi connectivity index (χ0n) is 19.2. The first-order valence-electron chi connectivity index (χ1n) is 11.4. The first kappa shape index (κ1) is 23.6. The van der Waals surface area contributed by atoms with E-state index in [0.717, 1.165) is 16.7 Å². The van der Waals surface area contributed by atoms with Crippen LogP contribution in [0, 0.1) is 0 Å². The second-order valence-corrected chi connectivity index (χ2v) is 8.23. The average Bonchev–Trinajstić information content (AvgIpc) is 2.87. The third kappa shape index (κ3) is 6.50. The summed E-state index contributed by atoms with van der Waals surface area (Å²) in [4.78, 5) is 0. The molecule has 3 aromatic carbocycles. The lowest BCUT2D eigenvalue weighted by atomic mass is 9.98. The van der Waals surface area contributed by atoms with Gasteiger partial charge in [-0.2, -0.15) is 0 Å². The third-order valence-corrected chi connectivity index (χ3v) is 5.82. The molecule has 5 nitrogen and oxygen atoms in total. The molecule has 0 aliphatic carbocycles. The van der Waals surface area contributed by atoms with Gasteiger partial charge in [0.25, 0.3) is 0 Å². The van der Waals surface area contributed by atoms with Gasteiger partial charge >= 0.3 is 0 Å². The maximum atomic E-state index is 6.46. The molecule has 0 saturated carbocycles. The Balaban J connectivity index is 1.53. The first-order valence-corrected chi connectivity index (χ1v) is 11.4. The van der Waals surface area contributed by atoms with E-state index in [9.17, 15) is 0 Å². The van der Waals surface area contributed by atoms with Crippen LogP contribution in [-0.4, -0.2) is 37.8 Å². The quantitative estimate of drug-likeness (QED) is 0.430. The van der Waals surface area contributed by atoms with Crippen molar-refractivity contribution >= 4 is 0 Å². The maximum absolute atomic E-state index is 6.46. The molecule has 3 aromatic rings. The Labute approximate surface area is 196 Å². The van der Waals surface area contributed by atoms with Gasteiger partial charge in [0.1, 0.15) is 18.3 Å². The normalized spacial score (nSPS) is 25.1. The predicted molar refractivity (Wildman–Crippen MR) is 126 cm³/mol. The molecule has 0 aromatic heterocycles. The number of hydrogen-bond acceptors (Lipinski definition) is 5. The second kappa shape index (κ2) is 12.1. The monoisotopic (exact) mass is 448 g/mol. The van der Waals surface area contributed by atoms with Crippen molar-refractivity contribution < 1.29 is 23.7 Å². The smallest absolute Gasteiger partial charge is 0.186 e. The van der Waals surface area contributed by atoms with Gasteiger partial charge in [-0.25, -0.2) is 0 Å². The molecule has 0 spiro atoms. The largest absolute Gasteiger partial charge is 0.368 e. The third-order valence-electron chi connectivity index (χ3n) is 5.82. The van der Waals surface area contributed by atoms with E-state index < -0.39 is 12.4 Å². The van der Waals surface area contributed by atoms with Crippen LogP contribution < -0.4 is 0 Å². The highest BCUT2D eigenvalue weighted by Gasteiger charge is 2.47. The fraction of sp³-hybridized carbons (Fsp3) is 0.357. The van der Waals surface area contributed by atoms with Crippen LogP contribution in [0.3, 0.4) is 0 Å². The number of benzene rings is 3. The van der Waals surface area contributed by atoms with E-state index in [4.69, 9.17) is 23.7 Å². The molecule has 0 bridgehead atoms.